The second-order valence-electron chi connectivity index (χ2n) is 6.00. The van der Waals surface area contributed by atoms with Crippen molar-refractivity contribution >= 4 is 52.9 Å². The number of hydrogen-bond donors (Lipinski definition) is 2. The van der Waals surface area contributed by atoms with Crippen molar-refractivity contribution in [3.05, 3.63) is 62.1 Å². The third-order valence-electron chi connectivity index (χ3n) is 4.05. The minimum atomic E-state index is -0.330. The maximum absolute atomic E-state index is 13.3. The molecule has 3 N–H and O–H groups in total. The number of halogens is 4. The summed E-state index contributed by atoms with van der Waals surface area (Å²) in [6.45, 7) is 0.224. The highest BCUT2D eigenvalue weighted by Gasteiger charge is 2.21. The molecule has 0 saturated heterocycles. The molecule has 0 aliphatic carbocycles. The van der Waals surface area contributed by atoms with Crippen molar-refractivity contribution < 1.29 is 9.18 Å². The predicted octanol–water partition coefficient (Wildman–Crippen LogP) is 4.32. The van der Waals surface area contributed by atoms with Gasteiger partial charge in [-0.05, 0) is 30.2 Å². The summed E-state index contributed by atoms with van der Waals surface area (Å²) in [7, 11) is 1.75. The fraction of sp³-hybridized carbons (Fsp3) is 0.222. The van der Waals surface area contributed by atoms with E-state index in [2.05, 4.69) is 10.4 Å². The van der Waals surface area contributed by atoms with Crippen LogP contribution in [0.4, 0.5) is 4.39 Å². The highest BCUT2D eigenvalue weighted by atomic mass is 35.5. The zero-order valence-corrected chi connectivity index (χ0v) is 17.9. The number of carbonyl (C=O) groups excluding carboxylic acids is 1. The molecule has 0 saturated carbocycles. The summed E-state index contributed by atoms with van der Waals surface area (Å²) >= 11 is 13.6. The predicted molar refractivity (Wildman–Crippen MR) is 114 cm³/mol. The van der Waals surface area contributed by atoms with Gasteiger partial charge in [0.15, 0.2) is 0 Å². The van der Waals surface area contributed by atoms with Crippen molar-refractivity contribution in [2.45, 2.75) is 12.5 Å². The Morgan fingerprint density at radius 2 is 2.14 bits per heavy atom. The van der Waals surface area contributed by atoms with Crippen molar-refractivity contribution in [1.82, 2.24) is 15.1 Å². The topological polar surface area (TPSA) is 72.9 Å². The molecule has 3 aromatic rings. The Labute approximate surface area is 182 Å². The molecule has 0 bridgehead atoms. The molecule has 0 radical (unpaired) electrons. The highest BCUT2D eigenvalue weighted by Crippen LogP contribution is 2.38. The summed E-state index contributed by atoms with van der Waals surface area (Å²) in [6, 6.07) is 7.58. The van der Waals surface area contributed by atoms with E-state index in [-0.39, 0.29) is 36.7 Å². The Balaban J connectivity index is 0.00000280. The number of rotatable bonds is 6. The average molecular weight is 464 g/mol. The Hall–Kier alpha value is -1.64. The molecule has 0 spiro atoms. The molecule has 0 aliphatic heterocycles. The van der Waals surface area contributed by atoms with E-state index in [1.165, 1.54) is 18.3 Å². The lowest BCUT2D eigenvalue weighted by Gasteiger charge is -2.16. The number of aromatic nitrogens is 2. The van der Waals surface area contributed by atoms with Crippen molar-refractivity contribution in [3.8, 4) is 11.3 Å². The SMILES string of the molecule is Cl.Cn1ncc(Cl)c1-c1cc(C(=O)N[C@H](CN)Cc2cccc(F)c2)sc1Cl. The van der Waals surface area contributed by atoms with Crippen LogP contribution in [-0.4, -0.2) is 28.3 Å². The molecule has 5 nitrogen and oxygen atoms in total. The first-order valence-electron chi connectivity index (χ1n) is 8.11. The molecule has 2 aromatic heterocycles. The number of aryl methyl sites for hydroxylation is 1. The van der Waals surface area contributed by atoms with E-state index in [4.69, 9.17) is 28.9 Å². The summed E-state index contributed by atoms with van der Waals surface area (Å²) in [4.78, 5) is 13.1. The van der Waals surface area contributed by atoms with Crippen LogP contribution in [0.5, 0.6) is 0 Å². The second-order valence-corrected chi connectivity index (χ2v) is 8.06. The molecule has 10 heteroatoms. The number of nitrogens with two attached hydrogens (primary N) is 1. The van der Waals surface area contributed by atoms with Gasteiger partial charge in [0.05, 0.1) is 21.8 Å². The lowest BCUT2D eigenvalue weighted by atomic mass is 10.1. The van der Waals surface area contributed by atoms with Gasteiger partial charge in [-0.1, -0.05) is 35.3 Å². The summed E-state index contributed by atoms with van der Waals surface area (Å²) < 4.78 is 15.4. The van der Waals surface area contributed by atoms with E-state index in [9.17, 15) is 9.18 Å². The largest absolute Gasteiger partial charge is 0.347 e. The van der Waals surface area contributed by atoms with Gasteiger partial charge in [0.2, 0.25) is 0 Å². The lowest BCUT2D eigenvalue weighted by Crippen LogP contribution is -2.41. The Bertz CT molecular complexity index is 956. The molecular weight excluding hydrogens is 446 g/mol. The molecule has 1 amide bonds. The van der Waals surface area contributed by atoms with E-state index in [1.807, 2.05) is 0 Å². The van der Waals surface area contributed by atoms with Crippen LogP contribution in [0.2, 0.25) is 9.36 Å². The van der Waals surface area contributed by atoms with Gasteiger partial charge < -0.3 is 11.1 Å². The van der Waals surface area contributed by atoms with Crippen LogP contribution in [-0.2, 0) is 13.5 Å². The van der Waals surface area contributed by atoms with Crippen molar-refractivity contribution in [1.29, 1.82) is 0 Å². The Morgan fingerprint density at radius 3 is 2.75 bits per heavy atom. The molecule has 3 rings (SSSR count). The van der Waals surface area contributed by atoms with Crippen LogP contribution in [0.3, 0.4) is 0 Å². The standard InChI is InChI=1S/C18H17Cl2FN4OS.ClH/c1-25-16(14(19)9-23-25)13-7-15(27-17(13)20)18(26)24-12(8-22)6-10-3-2-4-11(21)5-10;/h2-5,7,9,12H,6,8,22H2,1H3,(H,24,26);1H/t12-;/m0./s1. The zero-order valence-electron chi connectivity index (χ0n) is 14.8. The van der Waals surface area contributed by atoms with Crippen LogP contribution in [0.1, 0.15) is 15.2 Å². The number of nitrogens with one attached hydrogen (secondary N) is 1. The first kappa shape index (κ1) is 22.6. The van der Waals surface area contributed by atoms with E-state index in [0.717, 1.165) is 16.9 Å². The van der Waals surface area contributed by atoms with Crippen LogP contribution < -0.4 is 11.1 Å². The first-order chi connectivity index (χ1) is 12.9. The number of carbonyl (C=O) groups is 1. The zero-order chi connectivity index (χ0) is 19.6. The molecule has 1 aromatic carbocycles. The summed E-state index contributed by atoms with van der Waals surface area (Å²) in [6.07, 6.45) is 1.95. The number of benzene rings is 1. The minimum absolute atomic E-state index is 0. The van der Waals surface area contributed by atoms with Crippen LogP contribution in [0.25, 0.3) is 11.3 Å². The van der Waals surface area contributed by atoms with Gasteiger partial charge in [-0.3, -0.25) is 9.48 Å². The third-order valence-corrected chi connectivity index (χ3v) is 5.68. The fourth-order valence-electron chi connectivity index (χ4n) is 2.75. The molecule has 2 heterocycles. The maximum Gasteiger partial charge on any atom is 0.261 e. The first-order valence-corrected chi connectivity index (χ1v) is 9.69. The number of thiophene rings is 1. The minimum Gasteiger partial charge on any atom is -0.347 e. The van der Waals surface area contributed by atoms with E-state index in [0.29, 0.717) is 31.9 Å². The van der Waals surface area contributed by atoms with E-state index in [1.54, 1.807) is 29.9 Å². The lowest BCUT2D eigenvalue weighted by molar-refractivity contribution is 0.0942. The molecule has 1 atom stereocenters. The van der Waals surface area contributed by atoms with Crippen molar-refractivity contribution in [2.24, 2.45) is 12.8 Å². The highest BCUT2D eigenvalue weighted by molar-refractivity contribution is 7.18. The van der Waals surface area contributed by atoms with Gasteiger partial charge in [0, 0.05) is 25.2 Å². The van der Waals surface area contributed by atoms with Crippen LogP contribution in [0.15, 0.2) is 36.5 Å². The third kappa shape index (κ3) is 5.04. The number of nitrogens with zero attached hydrogens (tertiary/aromatic N) is 2. The Kier molecular flexibility index (Phi) is 7.86. The number of hydrogen-bond acceptors (Lipinski definition) is 4. The van der Waals surface area contributed by atoms with E-state index >= 15 is 0 Å². The molecular formula is C18H18Cl3FN4OS. The molecule has 0 aliphatic rings. The van der Waals surface area contributed by atoms with Crippen molar-refractivity contribution in [3.63, 3.8) is 0 Å². The maximum atomic E-state index is 13.3. The Morgan fingerprint density at radius 1 is 1.39 bits per heavy atom. The summed E-state index contributed by atoms with van der Waals surface area (Å²) in [5, 5.41) is 7.42. The van der Waals surface area contributed by atoms with Gasteiger partial charge in [-0.2, -0.15) is 5.10 Å². The van der Waals surface area contributed by atoms with Gasteiger partial charge in [-0.25, -0.2) is 4.39 Å². The molecule has 0 fully saturated rings. The van der Waals surface area contributed by atoms with Gasteiger partial charge in [-0.15, -0.1) is 23.7 Å². The molecule has 28 heavy (non-hydrogen) atoms. The smallest absolute Gasteiger partial charge is 0.261 e. The monoisotopic (exact) mass is 462 g/mol. The van der Waals surface area contributed by atoms with Gasteiger partial charge in [0.25, 0.3) is 5.91 Å². The summed E-state index contributed by atoms with van der Waals surface area (Å²) in [5.74, 6) is -0.615. The second kappa shape index (κ2) is 9.71. The quantitative estimate of drug-likeness (QED) is 0.572. The van der Waals surface area contributed by atoms with E-state index < -0.39 is 0 Å². The molecule has 150 valence electrons. The van der Waals surface area contributed by atoms with Gasteiger partial charge >= 0.3 is 0 Å². The summed E-state index contributed by atoms with van der Waals surface area (Å²) in [5.41, 5.74) is 7.83. The normalized spacial score (nSPS) is 11.8. The molecule has 0 unspecified atom stereocenters. The average Bonchev–Trinajstić information content (AvgIpc) is 3.16. The van der Waals surface area contributed by atoms with Gasteiger partial charge in [0.1, 0.15) is 10.2 Å². The fourth-order valence-corrected chi connectivity index (χ4v) is 4.20. The van der Waals surface area contributed by atoms with Crippen LogP contribution >= 0.6 is 46.9 Å². The number of amides is 1. The van der Waals surface area contributed by atoms with Crippen molar-refractivity contribution in [2.75, 3.05) is 6.54 Å². The van der Waals surface area contributed by atoms with Crippen LogP contribution in [0, 0.1) is 5.82 Å².